The van der Waals surface area contributed by atoms with Crippen LogP contribution in [0.5, 0.6) is 11.5 Å². The lowest BCUT2D eigenvalue weighted by Gasteiger charge is -2.40. The predicted octanol–water partition coefficient (Wildman–Crippen LogP) is 13.2. The molecule has 11 rings (SSSR count). The molecule has 8 aromatic carbocycles. The molecule has 58 heavy (non-hydrogen) atoms. The monoisotopic (exact) mass is 739 g/mol. The van der Waals surface area contributed by atoms with E-state index >= 15 is 0 Å². The Hall–Kier alpha value is -7.87. The predicted molar refractivity (Wildman–Crippen MR) is 231 cm³/mol. The van der Waals surface area contributed by atoms with Crippen molar-refractivity contribution in [2.45, 2.75) is 5.41 Å². The van der Waals surface area contributed by atoms with Crippen molar-refractivity contribution in [1.82, 2.24) is 9.97 Å². The third-order valence-electron chi connectivity index (χ3n) is 11.6. The van der Waals surface area contributed by atoms with Gasteiger partial charge in [0.25, 0.3) is 0 Å². The van der Waals surface area contributed by atoms with E-state index in [1.54, 1.807) is 0 Å². The summed E-state index contributed by atoms with van der Waals surface area (Å²) in [5, 5.41) is 9.28. The van der Waals surface area contributed by atoms with Crippen molar-refractivity contribution < 1.29 is 4.74 Å². The zero-order valence-electron chi connectivity index (χ0n) is 31.3. The van der Waals surface area contributed by atoms with Gasteiger partial charge in [-0.25, -0.2) is 9.97 Å². The van der Waals surface area contributed by atoms with Crippen LogP contribution in [-0.2, 0) is 5.41 Å². The molecule has 0 atom stereocenters. The number of hydrogen-bond acceptors (Lipinski definition) is 4. The van der Waals surface area contributed by atoms with E-state index in [4.69, 9.17) is 14.7 Å². The van der Waals surface area contributed by atoms with E-state index in [-0.39, 0.29) is 0 Å². The van der Waals surface area contributed by atoms with Crippen molar-refractivity contribution >= 4 is 0 Å². The van der Waals surface area contributed by atoms with Crippen LogP contribution in [0.25, 0.3) is 67.3 Å². The topological polar surface area (TPSA) is 58.8 Å². The molecule has 0 unspecified atom stereocenters. The van der Waals surface area contributed by atoms with Crippen LogP contribution in [0.1, 0.15) is 27.8 Å². The smallest absolute Gasteiger partial charge is 0.160 e. The van der Waals surface area contributed by atoms with Crippen molar-refractivity contribution in [3.8, 4) is 84.9 Å². The quantitative estimate of drug-likeness (QED) is 0.176. The summed E-state index contributed by atoms with van der Waals surface area (Å²) in [6.45, 7) is 0. The first-order valence-electron chi connectivity index (χ1n) is 19.4. The second kappa shape index (κ2) is 13.4. The van der Waals surface area contributed by atoms with Crippen LogP contribution < -0.4 is 4.74 Å². The molecule has 0 amide bonds. The molecule has 0 N–H and O–H groups in total. The van der Waals surface area contributed by atoms with Crippen LogP contribution in [0.2, 0.25) is 0 Å². The van der Waals surface area contributed by atoms with Crippen LogP contribution in [0, 0.1) is 11.3 Å². The molecule has 0 saturated carbocycles. The Balaban J connectivity index is 1.11. The summed E-state index contributed by atoms with van der Waals surface area (Å²) in [6, 6.07) is 71.9. The molecule has 1 aromatic heterocycles. The second-order valence-corrected chi connectivity index (χ2v) is 14.8. The van der Waals surface area contributed by atoms with Gasteiger partial charge in [-0.2, -0.15) is 5.26 Å². The number of aromatic nitrogens is 2. The number of ether oxygens (including phenoxy) is 1. The van der Waals surface area contributed by atoms with Crippen molar-refractivity contribution in [2.24, 2.45) is 0 Å². The van der Waals surface area contributed by atoms with Gasteiger partial charge in [0.2, 0.25) is 0 Å². The summed E-state index contributed by atoms with van der Waals surface area (Å²) in [7, 11) is 0. The van der Waals surface area contributed by atoms with Gasteiger partial charge < -0.3 is 4.74 Å². The summed E-state index contributed by atoms with van der Waals surface area (Å²) >= 11 is 0. The van der Waals surface area contributed by atoms with Crippen molar-refractivity contribution in [2.75, 3.05) is 0 Å². The molecule has 1 spiro atoms. The molecule has 0 bridgehead atoms. The standard InChI is InChI=1S/C54H33N3O/c55-34-35-19-21-36(22-20-35)37-23-25-38(26-24-37)41-27-29-51-47(31-41)54(45-17-9-7-15-43(45)44-16-8-10-18-46(44)54)48-32-42(28-30-52(48)58-51)53-56-49(39-11-3-1-4-12-39)33-50(57-53)40-13-5-2-6-14-40/h1-33H. The van der Waals surface area contributed by atoms with Crippen LogP contribution >= 0.6 is 0 Å². The highest BCUT2D eigenvalue weighted by molar-refractivity contribution is 5.90. The Morgan fingerprint density at radius 3 is 1.34 bits per heavy atom. The first-order chi connectivity index (χ1) is 28.7. The highest BCUT2D eigenvalue weighted by Crippen LogP contribution is 2.62. The maximum atomic E-state index is 9.28. The van der Waals surface area contributed by atoms with E-state index in [1.807, 2.05) is 60.7 Å². The lowest BCUT2D eigenvalue weighted by Crippen LogP contribution is -2.32. The fourth-order valence-corrected chi connectivity index (χ4v) is 8.90. The summed E-state index contributed by atoms with van der Waals surface area (Å²) < 4.78 is 6.89. The Morgan fingerprint density at radius 2 is 0.810 bits per heavy atom. The highest BCUT2D eigenvalue weighted by Gasteiger charge is 2.51. The van der Waals surface area contributed by atoms with Gasteiger partial charge in [-0.3, -0.25) is 0 Å². The van der Waals surface area contributed by atoms with E-state index < -0.39 is 5.41 Å². The average molecular weight is 740 g/mol. The number of fused-ring (bicyclic) bond motifs is 9. The summed E-state index contributed by atoms with van der Waals surface area (Å²) in [6.07, 6.45) is 0. The minimum absolute atomic E-state index is 0.652. The summed E-state index contributed by atoms with van der Waals surface area (Å²) in [5.74, 6) is 2.29. The van der Waals surface area contributed by atoms with Gasteiger partial charge in [0, 0.05) is 27.8 Å². The summed E-state index contributed by atoms with van der Waals surface area (Å²) in [5.41, 5.74) is 16.1. The first-order valence-corrected chi connectivity index (χ1v) is 19.4. The van der Waals surface area contributed by atoms with E-state index in [2.05, 4.69) is 146 Å². The lowest BCUT2D eigenvalue weighted by molar-refractivity contribution is 0.436. The SMILES string of the molecule is N#Cc1ccc(-c2ccc(-c3ccc4c(c3)C3(c5cc(-c6nc(-c7ccccc7)cc(-c7ccccc7)n6)ccc5O4)c4ccccc4-c4ccccc43)cc2)cc1. The van der Waals surface area contributed by atoms with Gasteiger partial charge >= 0.3 is 0 Å². The molecule has 0 saturated heterocycles. The zero-order chi connectivity index (χ0) is 38.6. The maximum absolute atomic E-state index is 9.28. The third-order valence-corrected chi connectivity index (χ3v) is 11.6. The third kappa shape index (κ3) is 5.29. The molecule has 270 valence electrons. The van der Waals surface area contributed by atoms with Gasteiger partial charge in [-0.15, -0.1) is 0 Å². The van der Waals surface area contributed by atoms with Gasteiger partial charge in [0.1, 0.15) is 11.5 Å². The molecule has 4 nitrogen and oxygen atoms in total. The maximum Gasteiger partial charge on any atom is 0.160 e. The van der Waals surface area contributed by atoms with Crippen LogP contribution in [-0.4, -0.2) is 9.97 Å². The van der Waals surface area contributed by atoms with Gasteiger partial charge in [0.15, 0.2) is 5.82 Å². The molecule has 2 aliphatic rings. The Kier molecular flexibility index (Phi) is 7.74. The fourth-order valence-electron chi connectivity index (χ4n) is 8.90. The molecule has 0 fully saturated rings. The van der Waals surface area contributed by atoms with Crippen LogP contribution in [0.4, 0.5) is 0 Å². The minimum Gasteiger partial charge on any atom is -0.457 e. The van der Waals surface area contributed by atoms with E-state index in [0.29, 0.717) is 11.4 Å². The van der Waals surface area contributed by atoms with Gasteiger partial charge in [0.05, 0.1) is 28.4 Å². The molecule has 4 heteroatoms. The number of hydrogen-bond donors (Lipinski definition) is 0. The molecular weight excluding hydrogens is 707 g/mol. The Labute approximate surface area is 337 Å². The number of nitrogens with zero attached hydrogens (tertiary/aromatic N) is 3. The molecular formula is C54H33N3O. The largest absolute Gasteiger partial charge is 0.457 e. The fraction of sp³-hybridized carbons (Fsp3) is 0.0185. The van der Waals surface area contributed by atoms with Gasteiger partial charge in [-0.05, 0) is 93.0 Å². The highest BCUT2D eigenvalue weighted by atomic mass is 16.5. The average Bonchev–Trinajstić information content (AvgIpc) is 3.60. The zero-order valence-corrected chi connectivity index (χ0v) is 31.3. The molecule has 1 aliphatic carbocycles. The normalized spacial score (nSPS) is 12.7. The lowest BCUT2D eigenvalue weighted by atomic mass is 9.65. The van der Waals surface area contributed by atoms with Crippen molar-refractivity contribution in [3.63, 3.8) is 0 Å². The molecule has 0 radical (unpaired) electrons. The first kappa shape index (κ1) is 33.5. The number of benzene rings is 8. The Bertz CT molecular complexity index is 2970. The summed E-state index contributed by atoms with van der Waals surface area (Å²) in [4.78, 5) is 10.4. The van der Waals surface area contributed by atoms with Crippen LogP contribution in [0.15, 0.2) is 200 Å². The minimum atomic E-state index is -0.677. The van der Waals surface area contributed by atoms with E-state index in [1.165, 1.54) is 22.3 Å². The van der Waals surface area contributed by atoms with E-state index in [9.17, 15) is 5.26 Å². The van der Waals surface area contributed by atoms with Gasteiger partial charge in [-0.1, -0.05) is 152 Å². The number of rotatable bonds is 5. The van der Waals surface area contributed by atoms with Crippen molar-refractivity contribution in [1.29, 1.82) is 5.26 Å². The van der Waals surface area contributed by atoms with Crippen LogP contribution in [0.3, 0.4) is 0 Å². The molecule has 1 aliphatic heterocycles. The Morgan fingerprint density at radius 1 is 0.379 bits per heavy atom. The number of nitriles is 1. The molecule has 2 heterocycles. The molecule has 9 aromatic rings. The van der Waals surface area contributed by atoms with Crippen molar-refractivity contribution in [3.05, 3.63) is 228 Å². The second-order valence-electron chi connectivity index (χ2n) is 14.8. The van der Waals surface area contributed by atoms with E-state index in [0.717, 1.165) is 73.0 Å².